The van der Waals surface area contributed by atoms with E-state index >= 15 is 0 Å². The highest BCUT2D eigenvalue weighted by Gasteiger charge is 2.39. The summed E-state index contributed by atoms with van der Waals surface area (Å²) in [5, 5.41) is 8.65. The number of benzene rings is 3. The maximum Gasteiger partial charge on any atom is 0.407 e. The summed E-state index contributed by atoms with van der Waals surface area (Å²) in [5.74, 6) is 0.867. The van der Waals surface area contributed by atoms with Gasteiger partial charge in [0.1, 0.15) is 23.7 Å². The molecule has 0 bridgehead atoms. The highest BCUT2D eigenvalue weighted by Crippen LogP contribution is 2.36. The van der Waals surface area contributed by atoms with Crippen LogP contribution in [0.3, 0.4) is 0 Å². The molecule has 306 valence electrons. The van der Waals surface area contributed by atoms with Gasteiger partial charge in [-0.3, -0.25) is 14.4 Å². The number of likely N-dealkylation sites (tertiary alicyclic amines) is 2. The Hall–Kier alpha value is -6.31. The van der Waals surface area contributed by atoms with E-state index in [4.69, 9.17) is 14.7 Å². The minimum absolute atomic E-state index is 0.0384. The largest absolute Gasteiger partial charge is 0.453 e. The molecule has 0 saturated carbocycles. The van der Waals surface area contributed by atoms with Gasteiger partial charge in [0.2, 0.25) is 17.7 Å². The van der Waals surface area contributed by atoms with Gasteiger partial charge in [-0.2, -0.15) is 0 Å². The maximum absolute atomic E-state index is 13.7. The van der Waals surface area contributed by atoms with E-state index in [9.17, 15) is 19.2 Å². The minimum atomic E-state index is -0.695. The number of aromatic nitrogens is 5. The van der Waals surface area contributed by atoms with Gasteiger partial charge < -0.3 is 35.1 Å². The molecule has 0 unspecified atom stereocenters. The number of imidazole rings is 2. The van der Waals surface area contributed by atoms with E-state index in [-0.39, 0.29) is 41.6 Å². The van der Waals surface area contributed by atoms with Gasteiger partial charge in [0, 0.05) is 30.8 Å². The smallest absolute Gasteiger partial charge is 0.407 e. The maximum atomic E-state index is 13.7. The third-order valence-corrected chi connectivity index (χ3v) is 11.8. The first-order valence-electron chi connectivity index (χ1n) is 20.5. The van der Waals surface area contributed by atoms with Gasteiger partial charge in [-0.25, -0.2) is 19.7 Å². The Labute approximate surface area is 342 Å². The first-order chi connectivity index (χ1) is 28.4. The lowest BCUT2D eigenvalue weighted by atomic mass is 9.99. The second kappa shape index (κ2) is 16.1. The number of aromatic amines is 2. The number of fused-ring (bicyclic) bond motifs is 4. The van der Waals surface area contributed by atoms with Gasteiger partial charge in [-0.05, 0) is 84.4 Å². The molecule has 4 N–H and O–H groups in total. The Balaban J connectivity index is 1.00. The lowest BCUT2D eigenvalue weighted by Gasteiger charge is -2.30. The second-order valence-electron chi connectivity index (χ2n) is 16.5. The summed E-state index contributed by atoms with van der Waals surface area (Å²) in [4.78, 5) is 76.4. The van der Waals surface area contributed by atoms with Crippen LogP contribution in [0.4, 0.5) is 4.79 Å². The van der Waals surface area contributed by atoms with Crippen molar-refractivity contribution in [2.24, 2.45) is 11.8 Å². The molecule has 2 saturated heterocycles. The number of carbonyl (C=O) groups excluding carboxylic acids is 4. The Kier molecular flexibility index (Phi) is 10.8. The number of pyridine rings is 1. The van der Waals surface area contributed by atoms with Gasteiger partial charge >= 0.3 is 6.09 Å². The summed E-state index contributed by atoms with van der Waals surface area (Å²) in [5.41, 5.74) is 6.27. The van der Waals surface area contributed by atoms with Crippen molar-refractivity contribution in [2.75, 3.05) is 20.2 Å². The lowest BCUT2D eigenvalue weighted by Crippen LogP contribution is -2.51. The predicted octanol–water partition coefficient (Wildman–Crippen LogP) is 7.19. The summed E-state index contributed by atoms with van der Waals surface area (Å²) in [7, 11) is 1.30. The predicted molar refractivity (Wildman–Crippen MR) is 226 cm³/mol. The fourth-order valence-electron chi connectivity index (χ4n) is 8.68. The molecule has 59 heavy (non-hydrogen) atoms. The van der Waals surface area contributed by atoms with Gasteiger partial charge in [0.25, 0.3) is 0 Å². The molecular formula is C45H51N9O5. The number of alkyl carbamates (subject to hydrolysis) is 1. The Bertz CT molecular complexity index is 2580. The molecule has 2 fully saturated rings. The van der Waals surface area contributed by atoms with E-state index in [2.05, 4.69) is 68.1 Å². The molecule has 8 rings (SSSR count). The molecule has 0 spiro atoms. The van der Waals surface area contributed by atoms with Gasteiger partial charge in [0.15, 0.2) is 0 Å². The van der Waals surface area contributed by atoms with Crippen LogP contribution in [0.15, 0.2) is 66.9 Å². The standard InChI is InChI=1S/C45H51N9O5/c1-24(2)38(47-26(5)55)43(56)53-19-7-9-36(53)41-46-23-35(50-41)33-17-14-30-22-28(12-16-32(30)48-33)27-11-15-31-29(21-27)13-18-34-40(31)51-42(49-34)37-10-8-20-54(37)44(57)39(25(3)4)52-45(58)59-6/h11-18,21-25,36-39H,7-10,19-20H2,1-6H3,(H,46,50)(H,47,55)(H,49,51)(H,52,58)/t36-,37-,38-,39-/m0/s1. The van der Waals surface area contributed by atoms with E-state index in [1.54, 1.807) is 6.20 Å². The summed E-state index contributed by atoms with van der Waals surface area (Å²) < 4.78 is 4.79. The molecule has 5 heterocycles. The summed E-state index contributed by atoms with van der Waals surface area (Å²) in [6.45, 7) is 10.3. The van der Waals surface area contributed by atoms with Crippen LogP contribution in [0.1, 0.15) is 84.0 Å². The molecule has 3 aromatic heterocycles. The quantitative estimate of drug-likeness (QED) is 0.113. The molecule has 3 aromatic carbocycles. The molecule has 6 aromatic rings. The zero-order chi connectivity index (χ0) is 41.5. The molecule has 2 aliphatic heterocycles. The number of nitrogens with one attached hydrogen (secondary N) is 4. The molecule has 0 radical (unpaired) electrons. The normalized spacial score (nSPS) is 18.0. The number of nitrogens with zero attached hydrogens (tertiary/aromatic N) is 5. The molecule has 14 nitrogen and oxygen atoms in total. The van der Waals surface area contributed by atoms with E-state index in [0.29, 0.717) is 18.9 Å². The molecule has 4 amide bonds. The number of methoxy groups -OCH3 is 1. The number of amides is 4. The Morgan fingerprint density at radius 2 is 1.34 bits per heavy atom. The number of hydrogen-bond donors (Lipinski definition) is 4. The molecule has 14 heteroatoms. The summed E-state index contributed by atoms with van der Waals surface area (Å²) in [6, 6.07) is 19.1. The van der Waals surface area contributed by atoms with Gasteiger partial charge in [-0.1, -0.05) is 58.0 Å². The van der Waals surface area contributed by atoms with Crippen molar-refractivity contribution in [1.29, 1.82) is 0 Å². The number of carbonyl (C=O) groups is 4. The summed E-state index contributed by atoms with van der Waals surface area (Å²) >= 11 is 0. The first-order valence-corrected chi connectivity index (χ1v) is 20.5. The number of rotatable bonds is 10. The van der Waals surface area contributed by atoms with Crippen LogP contribution < -0.4 is 10.6 Å². The zero-order valence-electron chi connectivity index (χ0n) is 34.3. The van der Waals surface area contributed by atoms with Crippen molar-refractivity contribution in [3.05, 3.63) is 78.5 Å². The van der Waals surface area contributed by atoms with Crippen molar-refractivity contribution in [3.8, 4) is 22.5 Å². The number of H-pyrrole nitrogens is 2. The van der Waals surface area contributed by atoms with Crippen LogP contribution >= 0.6 is 0 Å². The monoisotopic (exact) mass is 797 g/mol. The van der Waals surface area contributed by atoms with Crippen molar-refractivity contribution in [3.63, 3.8) is 0 Å². The molecule has 2 aliphatic rings. The average Bonchev–Trinajstić information content (AvgIpc) is 4.07. The van der Waals surface area contributed by atoms with E-state index in [1.807, 2.05) is 55.7 Å². The Morgan fingerprint density at radius 1 is 0.729 bits per heavy atom. The van der Waals surface area contributed by atoms with Crippen molar-refractivity contribution in [2.45, 2.75) is 84.5 Å². The molecule has 0 aliphatic carbocycles. The van der Waals surface area contributed by atoms with Gasteiger partial charge in [-0.15, -0.1) is 0 Å². The van der Waals surface area contributed by atoms with Crippen molar-refractivity contribution in [1.82, 2.24) is 45.4 Å². The third-order valence-electron chi connectivity index (χ3n) is 11.8. The SMILES string of the molecule is COC(=O)N[C@H](C(=O)N1CCC[C@H]1c1nc2ccc3cc(-c4ccc5nc(-c6cnc([C@@H]7CCCN7C(=O)[C@@H](NC(C)=O)C(C)C)[nH]6)ccc5c4)ccc3c2[nH]1)C(C)C. The van der Waals surface area contributed by atoms with Crippen LogP contribution in [-0.2, 0) is 19.1 Å². The van der Waals surface area contributed by atoms with Crippen LogP contribution in [0.25, 0.3) is 55.2 Å². The van der Waals surface area contributed by atoms with Crippen LogP contribution in [-0.4, -0.2) is 90.8 Å². The lowest BCUT2D eigenvalue weighted by molar-refractivity contribution is -0.138. The van der Waals surface area contributed by atoms with Crippen molar-refractivity contribution >= 4 is 56.5 Å². The van der Waals surface area contributed by atoms with E-state index in [1.165, 1.54) is 14.0 Å². The minimum Gasteiger partial charge on any atom is -0.453 e. The molecule has 4 atom stereocenters. The highest BCUT2D eigenvalue weighted by atomic mass is 16.5. The average molecular weight is 798 g/mol. The second-order valence-corrected chi connectivity index (χ2v) is 16.5. The topological polar surface area (TPSA) is 178 Å². The Morgan fingerprint density at radius 3 is 2.00 bits per heavy atom. The number of hydrogen-bond acceptors (Lipinski definition) is 8. The van der Waals surface area contributed by atoms with Crippen LogP contribution in [0, 0.1) is 11.8 Å². The van der Waals surface area contributed by atoms with Crippen LogP contribution in [0.5, 0.6) is 0 Å². The highest BCUT2D eigenvalue weighted by molar-refractivity contribution is 6.05. The van der Waals surface area contributed by atoms with Crippen molar-refractivity contribution < 1.29 is 23.9 Å². The third kappa shape index (κ3) is 7.71. The van der Waals surface area contributed by atoms with Gasteiger partial charge in [0.05, 0.1) is 53.3 Å². The summed E-state index contributed by atoms with van der Waals surface area (Å²) in [6.07, 6.45) is 4.43. The first kappa shape index (κ1) is 39.5. The zero-order valence-corrected chi connectivity index (χ0v) is 34.3. The molecular weight excluding hydrogens is 747 g/mol. The number of ether oxygens (including phenoxy) is 1. The van der Waals surface area contributed by atoms with Crippen LogP contribution in [0.2, 0.25) is 0 Å². The fraction of sp³-hybridized carbons (Fsp3) is 0.400. The van der Waals surface area contributed by atoms with E-state index in [0.717, 1.165) is 86.7 Å². The van der Waals surface area contributed by atoms with E-state index < -0.39 is 18.2 Å². The fourth-order valence-corrected chi connectivity index (χ4v) is 8.68.